The molecule has 1 saturated heterocycles. The van der Waals surface area contributed by atoms with Crippen LogP contribution in [0.25, 0.3) is 0 Å². The van der Waals surface area contributed by atoms with Gasteiger partial charge in [-0.3, -0.25) is 9.69 Å². The zero-order chi connectivity index (χ0) is 15.2. The van der Waals surface area contributed by atoms with E-state index in [4.69, 9.17) is 5.11 Å². The molecule has 2 amide bonds. The second-order valence-electron chi connectivity index (χ2n) is 5.50. The fourth-order valence-electron chi connectivity index (χ4n) is 3.32. The molecule has 1 atom stereocenters. The Labute approximate surface area is 120 Å². The van der Waals surface area contributed by atoms with E-state index in [-0.39, 0.29) is 13.1 Å². The van der Waals surface area contributed by atoms with Crippen molar-refractivity contribution in [3.63, 3.8) is 0 Å². The molecular formula is C14H14N2O5. The largest absolute Gasteiger partial charge is 0.465 e. The number of fused-ring (bicyclic) bond motifs is 2. The lowest BCUT2D eigenvalue weighted by molar-refractivity contribution is 0.112. The average Bonchev–Trinajstić information content (AvgIpc) is 3.02. The number of carbonyl (C=O) groups excluding carboxylic acids is 1. The van der Waals surface area contributed by atoms with Crippen molar-refractivity contribution in [3.05, 3.63) is 29.3 Å². The van der Waals surface area contributed by atoms with Gasteiger partial charge in [0.25, 0.3) is 0 Å². The summed E-state index contributed by atoms with van der Waals surface area (Å²) in [6.07, 6.45) is -0.811. The predicted octanol–water partition coefficient (Wildman–Crippen LogP) is 1.62. The smallest absolute Gasteiger partial charge is 0.411 e. The molecule has 1 spiro atoms. The van der Waals surface area contributed by atoms with Crippen LogP contribution < -0.4 is 4.90 Å². The summed E-state index contributed by atoms with van der Waals surface area (Å²) in [6.45, 7) is 0.846. The van der Waals surface area contributed by atoms with Gasteiger partial charge in [-0.05, 0) is 30.2 Å². The maximum absolute atomic E-state index is 11.4. The molecule has 2 aliphatic rings. The van der Waals surface area contributed by atoms with Gasteiger partial charge in [-0.2, -0.15) is 0 Å². The van der Waals surface area contributed by atoms with Gasteiger partial charge in [0.2, 0.25) is 0 Å². The van der Waals surface area contributed by atoms with Crippen molar-refractivity contribution in [2.24, 2.45) is 0 Å². The normalized spacial score (nSPS) is 23.4. The second-order valence-corrected chi connectivity index (χ2v) is 5.50. The van der Waals surface area contributed by atoms with Gasteiger partial charge in [0.1, 0.15) is 6.29 Å². The van der Waals surface area contributed by atoms with E-state index in [0.29, 0.717) is 30.5 Å². The number of nitrogens with zero attached hydrogens (tertiary/aromatic N) is 2. The van der Waals surface area contributed by atoms with Gasteiger partial charge in [-0.1, -0.05) is 0 Å². The molecule has 1 fully saturated rings. The van der Waals surface area contributed by atoms with E-state index in [1.54, 1.807) is 18.2 Å². The number of carboxylic acid groups (broad SMARTS) is 2. The van der Waals surface area contributed by atoms with E-state index >= 15 is 0 Å². The van der Waals surface area contributed by atoms with Crippen LogP contribution in [0.15, 0.2) is 18.2 Å². The Hall–Kier alpha value is -2.57. The summed E-state index contributed by atoms with van der Waals surface area (Å²) in [7, 11) is 0. The molecule has 7 nitrogen and oxygen atoms in total. The monoisotopic (exact) mass is 290 g/mol. The molecule has 7 heteroatoms. The van der Waals surface area contributed by atoms with Crippen molar-refractivity contribution in [1.82, 2.24) is 4.90 Å². The number of carbonyl (C=O) groups is 3. The summed E-state index contributed by atoms with van der Waals surface area (Å²) < 4.78 is 0. The average molecular weight is 290 g/mol. The van der Waals surface area contributed by atoms with Crippen LogP contribution in [-0.2, 0) is 5.41 Å². The highest BCUT2D eigenvalue weighted by molar-refractivity contribution is 5.91. The highest BCUT2D eigenvalue weighted by Crippen LogP contribution is 2.46. The molecule has 0 bridgehead atoms. The Bertz CT molecular complexity index is 644. The minimum absolute atomic E-state index is 0.226. The Morgan fingerprint density at radius 3 is 2.52 bits per heavy atom. The summed E-state index contributed by atoms with van der Waals surface area (Å²) >= 11 is 0. The van der Waals surface area contributed by atoms with E-state index in [1.807, 2.05) is 0 Å². The predicted molar refractivity (Wildman–Crippen MR) is 73.1 cm³/mol. The minimum atomic E-state index is -1.07. The molecule has 0 saturated carbocycles. The first kappa shape index (κ1) is 13.4. The second kappa shape index (κ2) is 4.47. The molecule has 2 heterocycles. The van der Waals surface area contributed by atoms with Crippen LogP contribution in [-0.4, -0.2) is 53.2 Å². The Morgan fingerprint density at radius 2 is 1.95 bits per heavy atom. The molecule has 2 N–H and O–H groups in total. The number of rotatable bonds is 1. The lowest BCUT2D eigenvalue weighted by Crippen LogP contribution is -2.39. The van der Waals surface area contributed by atoms with Crippen LogP contribution in [0.3, 0.4) is 0 Å². The number of likely N-dealkylation sites (tertiary alicyclic amines) is 1. The maximum Gasteiger partial charge on any atom is 0.411 e. The molecule has 21 heavy (non-hydrogen) atoms. The molecule has 3 rings (SSSR count). The molecular weight excluding hydrogens is 276 g/mol. The van der Waals surface area contributed by atoms with Crippen molar-refractivity contribution >= 4 is 24.2 Å². The lowest BCUT2D eigenvalue weighted by Gasteiger charge is -2.24. The fraction of sp³-hybridized carbons (Fsp3) is 0.357. The fourth-order valence-corrected chi connectivity index (χ4v) is 3.32. The summed E-state index contributed by atoms with van der Waals surface area (Å²) in [5.74, 6) is 0. The third kappa shape index (κ3) is 1.93. The summed E-state index contributed by atoms with van der Waals surface area (Å²) in [5, 5.41) is 18.5. The van der Waals surface area contributed by atoms with Crippen molar-refractivity contribution in [2.45, 2.75) is 11.8 Å². The van der Waals surface area contributed by atoms with Crippen molar-refractivity contribution in [3.8, 4) is 0 Å². The van der Waals surface area contributed by atoms with Gasteiger partial charge < -0.3 is 15.1 Å². The first-order chi connectivity index (χ1) is 9.97. The molecule has 0 radical (unpaired) electrons. The van der Waals surface area contributed by atoms with Gasteiger partial charge in [0.15, 0.2) is 0 Å². The van der Waals surface area contributed by atoms with E-state index < -0.39 is 17.6 Å². The molecule has 110 valence electrons. The minimum Gasteiger partial charge on any atom is -0.465 e. The van der Waals surface area contributed by atoms with Gasteiger partial charge in [0.05, 0.1) is 5.69 Å². The van der Waals surface area contributed by atoms with Crippen LogP contribution in [0.1, 0.15) is 22.3 Å². The number of hydrogen-bond donors (Lipinski definition) is 2. The topological polar surface area (TPSA) is 98.2 Å². The van der Waals surface area contributed by atoms with Crippen LogP contribution in [0.5, 0.6) is 0 Å². The highest BCUT2D eigenvalue weighted by Gasteiger charge is 2.50. The summed E-state index contributed by atoms with van der Waals surface area (Å²) in [5.41, 5.74) is 1.21. The number of benzene rings is 1. The SMILES string of the molecule is O=Cc1ccc2c(c1)C1(CCN(C(=O)O)C1)CN2C(=O)O. The Balaban J connectivity index is 2.07. The zero-order valence-corrected chi connectivity index (χ0v) is 11.2. The zero-order valence-electron chi connectivity index (χ0n) is 11.2. The molecule has 1 aromatic carbocycles. The van der Waals surface area contributed by atoms with Crippen LogP contribution >= 0.6 is 0 Å². The van der Waals surface area contributed by atoms with Gasteiger partial charge in [0, 0.05) is 30.6 Å². The Morgan fingerprint density at radius 1 is 1.19 bits per heavy atom. The van der Waals surface area contributed by atoms with Crippen LogP contribution in [0, 0.1) is 0 Å². The Kier molecular flexibility index (Phi) is 2.86. The number of aldehydes is 1. The highest BCUT2D eigenvalue weighted by atomic mass is 16.4. The van der Waals surface area contributed by atoms with Gasteiger partial charge in [-0.25, -0.2) is 9.59 Å². The molecule has 1 unspecified atom stereocenters. The number of amides is 2. The first-order valence-corrected chi connectivity index (χ1v) is 6.55. The third-order valence-electron chi connectivity index (χ3n) is 4.33. The van der Waals surface area contributed by atoms with E-state index in [9.17, 15) is 19.5 Å². The summed E-state index contributed by atoms with van der Waals surface area (Å²) in [6, 6.07) is 4.87. The van der Waals surface area contributed by atoms with E-state index in [1.165, 1.54) is 9.80 Å². The first-order valence-electron chi connectivity index (χ1n) is 6.55. The van der Waals surface area contributed by atoms with Gasteiger partial charge in [-0.15, -0.1) is 0 Å². The van der Waals surface area contributed by atoms with Crippen molar-refractivity contribution < 1.29 is 24.6 Å². The molecule has 2 aliphatic heterocycles. The quantitative estimate of drug-likeness (QED) is 0.766. The summed E-state index contributed by atoms with van der Waals surface area (Å²) in [4.78, 5) is 36.0. The van der Waals surface area contributed by atoms with Crippen LogP contribution in [0.4, 0.5) is 15.3 Å². The molecule has 0 aromatic heterocycles. The number of anilines is 1. The van der Waals surface area contributed by atoms with Crippen LogP contribution in [0.2, 0.25) is 0 Å². The van der Waals surface area contributed by atoms with E-state index in [2.05, 4.69) is 0 Å². The molecule has 0 aliphatic carbocycles. The molecule has 1 aromatic rings. The van der Waals surface area contributed by atoms with Crippen molar-refractivity contribution in [2.75, 3.05) is 24.5 Å². The number of hydrogen-bond acceptors (Lipinski definition) is 3. The third-order valence-corrected chi connectivity index (χ3v) is 4.33. The standard InChI is InChI=1S/C14H14N2O5/c17-6-9-1-2-11-10(5-9)14(8-16(11)13(20)21)3-4-15(7-14)12(18)19/h1-2,5-6H,3-4,7-8H2,(H,18,19)(H,20,21). The maximum atomic E-state index is 11.4. The van der Waals surface area contributed by atoms with E-state index in [0.717, 1.165) is 5.56 Å². The van der Waals surface area contributed by atoms with Gasteiger partial charge >= 0.3 is 12.2 Å². The lowest BCUT2D eigenvalue weighted by atomic mass is 9.81. The van der Waals surface area contributed by atoms with Crippen molar-refractivity contribution in [1.29, 1.82) is 0 Å².